The van der Waals surface area contributed by atoms with E-state index in [1.807, 2.05) is 62.7 Å². The Labute approximate surface area is 154 Å². The van der Waals surface area contributed by atoms with Crippen LogP contribution in [0.15, 0.2) is 30.3 Å². The third kappa shape index (κ3) is 3.47. The first-order valence-corrected chi connectivity index (χ1v) is 9.08. The highest BCUT2D eigenvalue weighted by Gasteiger charge is 2.18. The molecule has 0 radical (unpaired) electrons. The molecule has 2 heterocycles. The predicted molar refractivity (Wildman–Crippen MR) is 105 cm³/mol. The number of amides is 1. The predicted octanol–water partition coefficient (Wildman–Crippen LogP) is 3.80. The van der Waals surface area contributed by atoms with Gasteiger partial charge in [-0.2, -0.15) is 5.10 Å². The van der Waals surface area contributed by atoms with Gasteiger partial charge >= 0.3 is 0 Å². The summed E-state index contributed by atoms with van der Waals surface area (Å²) in [6.45, 7) is 10.1. The quantitative estimate of drug-likeness (QED) is 0.761. The van der Waals surface area contributed by atoms with Gasteiger partial charge in [-0.05, 0) is 64.3 Å². The number of hydrogen-bond donors (Lipinski definition) is 1. The minimum Gasteiger partial charge on any atom is -0.354 e. The van der Waals surface area contributed by atoms with E-state index in [0.717, 1.165) is 33.7 Å². The van der Waals surface area contributed by atoms with Crippen molar-refractivity contribution < 1.29 is 4.79 Å². The summed E-state index contributed by atoms with van der Waals surface area (Å²) >= 11 is 0. The molecule has 0 aliphatic rings. The third-order valence-corrected chi connectivity index (χ3v) is 4.63. The summed E-state index contributed by atoms with van der Waals surface area (Å²) in [5.41, 5.74) is 6.11. The number of pyridine rings is 1. The van der Waals surface area contributed by atoms with Gasteiger partial charge in [-0.25, -0.2) is 9.67 Å². The fourth-order valence-corrected chi connectivity index (χ4v) is 3.46. The summed E-state index contributed by atoms with van der Waals surface area (Å²) in [7, 11) is 0. The second-order valence-electron chi connectivity index (χ2n) is 7.05. The van der Waals surface area contributed by atoms with E-state index in [0.29, 0.717) is 12.8 Å². The van der Waals surface area contributed by atoms with E-state index < -0.39 is 0 Å². The minimum atomic E-state index is 0.0793. The zero-order valence-electron chi connectivity index (χ0n) is 16.1. The number of nitrogens with one attached hydrogen (secondary N) is 1. The van der Waals surface area contributed by atoms with Crippen LogP contribution in [0.1, 0.15) is 42.8 Å². The largest absolute Gasteiger partial charge is 0.354 e. The van der Waals surface area contributed by atoms with Gasteiger partial charge in [0.15, 0.2) is 5.65 Å². The third-order valence-electron chi connectivity index (χ3n) is 4.63. The molecule has 0 saturated heterocycles. The maximum atomic E-state index is 12.0. The molecule has 0 saturated carbocycles. The van der Waals surface area contributed by atoms with E-state index in [9.17, 15) is 4.79 Å². The summed E-state index contributed by atoms with van der Waals surface area (Å²) in [6.07, 6.45) is 1.16. The lowest BCUT2D eigenvalue weighted by molar-refractivity contribution is -0.121. The highest BCUT2D eigenvalue weighted by molar-refractivity contribution is 5.85. The number of carbonyl (C=O) groups excluding carboxylic acids is 1. The molecule has 0 bridgehead atoms. The number of para-hydroxylation sites is 1. The summed E-state index contributed by atoms with van der Waals surface area (Å²) in [5.74, 6) is 0.0793. The van der Waals surface area contributed by atoms with Crippen molar-refractivity contribution in [1.82, 2.24) is 20.1 Å². The van der Waals surface area contributed by atoms with Gasteiger partial charge in [-0.15, -0.1) is 0 Å². The van der Waals surface area contributed by atoms with Crippen LogP contribution in [0.4, 0.5) is 0 Å². The Morgan fingerprint density at radius 3 is 2.46 bits per heavy atom. The molecule has 26 heavy (non-hydrogen) atoms. The summed E-state index contributed by atoms with van der Waals surface area (Å²) in [4.78, 5) is 16.9. The maximum absolute atomic E-state index is 12.0. The monoisotopic (exact) mass is 350 g/mol. The van der Waals surface area contributed by atoms with Gasteiger partial charge in [-0.3, -0.25) is 4.79 Å². The Morgan fingerprint density at radius 2 is 1.81 bits per heavy atom. The lowest BCUT2D eigenvalue weighted by Gasteiger charge is -2.13. The van der Waals surface area contributed by atoms with Crippen molar-refractivity contribution in [2.75, 3.05) is 0 Å². The first kappa shape index (κ1) is 18.1. The summed E-state index contributed by atoms with van der Waals surface area (Å²) < 4.78 is 1.90. The van der Waals surface area contributed by atoms with Gasteiger partial charge in [0.1, 0.15) is 0 Å². The van der Waals surface area contributed by atoms with Crippen molar-refractivity contribution in [3.63, 3.8) is 0 Å². The molecule has 2 aromatic heterocycles. The molecule has 3 aromatic rings. The number of benzene rings is 1. The Morgan fingerprint density at radius 1 is 1.12 bits per heavy atom. The van der Waals surface area contributed by atoms with Crippen LogP contribution in [-0.2, 0) is 11.2 Å². The van der Waals surface area contributed by atoms with Crippen molar-refractivity contribution in [1.29, 1.82) is 0 Å². The molecule has 136 valence electrons. The van der Waals surface area contributed by atoms with Crippen molar-refractivity contribution in [2.45, 2.75) is 53.5 Å². The fraction of sp³-hybridized carbons (Fsp3) is 0.381. The Bertz CT molecular complexity index is 942. The average Bonchev–Trinajstić information content (AvgIpc) is 2.91. The second-order valence-corrected chi connectivity index (χ2v) is 7.05. The van der Waals surface area contributed by atoms with Crippen molar-refractivity contribution in [2.24, 2.45) is 0 Å². The van der Waals surface area contributed by atoms with Gasteiger partial charge in [-0.1, -0.05) is 18.2 Å². The summed E-state index contributed by atoms with van der Waals surface area (Å²) in [5, 5.41) is 8.74. The van der Waals surface area contributed by atoms with E-state index in [1.165, 1.54) is 5.56 Å². The van der Waals surface area contributed by atoms with Crippen LogP contribution in [0.5, 0.6) is 0 Å². The van der Waals surface area contributed by atoms with E-state index >= 15 is 0 Å². The van der Waals surface area contributed by atoms with Gasteiger partial charge in [0, 0.05) is 23.5 Å². The first-order valence-electron chi connectivity index (χ1n) is 9.08. The topological polar surface area (TPSA) is 59.8 Å². The van der Waals surface area contributed by atoms with Crippen LogP contribution in [0, 0.1) is 20.8 Å². The van der Waals surface area contributed by atoms with Crippen molar-refractivity contribution in [3.05, 3.63) is 52.8 Å². The molecule has 5 heteroatoms. The summed E-state index contributed by atoms with van der Waals surface area (Å²) in [6, 6.07) is 10.2. The Hall–Kier alpha value is -2.69. The second kappa shape index (κ2) is 7.28. The lowest BCUT2D eigenvalue weighted by atomic mass is 9.99. The van der Waals surface area contributed by atoms with Crippen LogP contribution < -0.4 is 5.32 Å². The molecular formula is C21H26N4O. The standard InChI is InChI=1S/C21H26N4O/c1-13(2)22-19(26)12-11-18-14(3)20-16(5)24-25(21(20)23-15(18)4)17-9-7-6-8-10-17/h6-10,13H,11-12H2,1-5H3,(H,22,26). The van der Waals surface area contributed by atoms with Crippen molar-refractivity contribution in [3.8, 4) is 5.69 Å². The number of carbonyl (C=O) groups is 1. The Kier molecular flexibility index (Phi) is 5.07. The van der Waals surface area contributed by atoms with E-state index in [2.05, 4.69) is 12.2 Å². The normalized spacial score (nSPS) is 11.3. The zero-order valence-corrected chi connectivity index (χ0v) is 16.1. The van der Waals surface area contributed by atoms with Crippen LogP contribution in [0.25, 0.3) is 16.7 Å². The molecule has 5 nitrogen and oxygen atoms in total. The van der Waals surface area contributed by atoms with Gasteiger partial charge < -0.3 is 5.32 Å². The number of hydrogen-bond acceptors (Lipinski definition) is 3. The van der Waals surface area contributed by atoms with Gasteiger partial charge in [0.05, 0.1) is 11.4 Å². The van der Waals surface area contributed by atoms with Gasteiger partial charge in [0.25, 0.3) is 0 Å². The number of rotatable bonds is 5. The van der Waals surface area contributed by atoms with Crippen LogP contribution >= 0.6 is 0 Å². The molecule has 0 unspecified atom stereocenters. The number of aromatic nitrogens is 3. The van der Waals surface area contributed by atoms with Crippen molar-refractivity contribution >= 4 is 16.9 Å². The molecule has 1 N–H and O–H groups in total. The van der Waals surface area contributed by atoms with E-state index in [1.54, 1.807) is 0 Å². The molecule has 1 amide bonds. The molecule has 0 fully saturated rings. The molecule has 0 aliphatic carbocycles. The minimum absolute atomic E-state index is 0.0793. The van der Waals surface area contributed by atoms with Gasteiger partial charge in [0.2, 0.25) is 5.91 Å². The molecular weight excluding hydrogens is 324 g/mol. The molecule has 1 aromatic carbocycles. The molecule has 0 aliphatic heterocycles. The fourth-order valence-electron chi connectivity index (χ4n) is 3.46. The maximum Gasteiger partial charge on any atom is 0.220 e. The molecule has 3 rings (SSSR count). The zero-order chi connectivity index (χ0) is 18.8. The smallest absolute Gasteiger partial charge is 0.220 e. The van der Waals surface area contributed by atoms with Crippen LogP contribution in [-0.4, -0.2) is 26.7 Å². The van der Waals surface area contributed by atoms with E-state index in [4.69, 9.17) is 10.1 Å². The number of nitrogens with zero attached hydrogens (tertiary/aromatic N) is 3. The average molecular weight is 350 g/mol. The van der Waals surface area contributed by atoms with Crippen LogP contribution in [0.3, 0.4) is 0 Å². The number of aryl methyl sites for hydroxylation is 3. The Balaban J connectivity index is 2.01. The first-order chi connectivity index (χ1) is 12.4. The SMILES string of the molecule is Cc1nc2c(c(C)nn2-c2ccccc2)c(C)c1CCC(=O)NC(C)C. The molecule has 0 spiro atoms. The molecule has 0 atom stereocenters. The number of fused-ring (bicyclic) bond motifs is 1. The van der Waals surface area contributed by atoms with Crippen LogP contribution in [0.2, 0.25) is 0 Å². The lowest BCUT2D eigenvalue weighted by Crippen LogP contribution is -2.30. The highest BCUT2D eigenvalue weighted by atomic mass is 16.1. The highest BCUT2D eigenvalue weighted by Crippen LogP contribution is 2.28. The van der Waals surface area contributed by atoms with E-state index in [-0.39, 0.29) is 11.9 Å².